The molecule has 150 valence electrons. The van der Waals surface area contributed by atoms with E-state index in [1.165, 1.54) is 26.2 Å². The first-order valence-corrected chi connectivity index (χ1v) is 11.4. The van der Waals surface area contributed by atoms with Crippen LogP contribution in [0.3, 0.4) is 0 Å². The summed E-state index contributed by atoms with van der Waals surface area (Å²) in [5, 5.41) is 2.73. The van der Waals surface area contributed by atoms with Crippen molar-refractivity contribution in [3.8, 4) is 0 Å². The molecule has 0 heterocycles. The molecule has 0 bridgehead atoms. The van der Waals surface area contributed by atoms with Crippen molar-refractivity contribution in [3.05, 3.63) is 0 Å². The van der Waals surface area contributed by atoms with E-state index < -0.39 is 7.82 Å². The molecule has 0 aliphatic carbocycles. The van der Waals surface area contributed by atoms with Gasteiger partial charge in [-0.05, 0) is 12.2 Å². The second-order valence-corrected chi connectivity index (χ2v) is 9.68. The van der Waals surface area contributed by atoms with Gasteiger partial charge in [0, 0.05) is 12.7 Å². The number of phosphoric acid groups is 1. The van der Waals surface area contributed by atoms with E-state index in [1.54, 1.807) is 11.8 Å². The molecule has 0 aromatic rings. The summed E-state index contributed by atoms with van der Waals surface area (Å²) >= 11 is 1.70. The van der Waals surface area contributed by atoms with Gasteiger partial charge in [0.05, 0.1) is 33.8 Å². The number of nitrogens with one attached hydrogen (secondary N) is 1. The Balaban J connectivity index is 4.18. The summed E-state index contributed by atoms with van der Waals surface area (Å²) in [7, 11) is 1.50. The summed E-state index contributed by atoms with van der Waals surface area (Å²) in [5.41, 5.74) is 0. The van der Waals surface area contributed by atoms with Crippen LogP contribution in [0.1, 0.15) is 39.5 Å². The molecule has 1 unspecified atom stereocenters. The maximum atomic E-state index is 11.8. The van der Waals surface area contributed by atoms with Gasteiger partial charge < -0.3 is 23.7 Å². The molecule has 25 heavy (non-hydrogen) atoms. The first-order valence-electron chi connectivity index (χ1n) is 8.81. The summed E-state index contributed by atoms with van der Waals surface area (Å²) in [4.78, 5) is 23.1. The third kappa shape index (κ3) is 17.1. The number of hydrogen-bond acceptors (Lipinski definition) is 6. The van der Waals surface area contributed by atoms with Crippen molar-refractivity contribution in [2.24, 2.45) is 0 Å². The number of quaternary nitrogens is 1. The summed E-state index contributed by atoms with van der Waals surface area (Å²) in [6.07, 6.45) is 4.74. The SMILES string of the molecule is CCCCCCSC[C@H](COP(=O)([O-])OCC[N+](C)(C)C)NC(C)=O. The largest absolute Gasteiger partial charge is 0.756 e. The van der Waals surface area contributed by atoms with Crippen molar-refractivity contribution in [2.45, 2.75) is 45.6 Å². The fourth-order valence-electron chi connectivity index (χ4n) is 1.92. The smallest absolute Gasteiger partial charge is 0.268 e. The first kappa shape index (κ1) is 24.9. The Kier molecular flexibility index (Phi) is 13.1. The molecule has 0 aliphatic heterocycles. The molecule has 0 saturated carbocycles. The van der Waals surface area contributed by atoms with Crippen molar-refractivity contribution in [3.63, 3.8) is 0 Å². The van der Waals surface area contributed by atoms with Gasteiger partial charge in [0.2, 0.25) is 5.91 Å². The van der Waals surface area contributed by atoms with Crippen LogP contribution in [0.25, 0.3) is 0 Å². The predicted octanol–water partition coefficient (Wildman–Crippen LogP) is 2.01. The van der Waals surface area contributed by atoms with E-state index in [1.807, 2.05) is 21.1 Å². The Hall–Kier alpha value is -0.110. The Morgan fingerprint density at radius 3 is 2.48 bits per heavy atom. The van der Waals surface area contributed by atoms with Gasteiger partial charge >= 0.3 is 0 Å². The Labute approximate surface area is 157 Å². The molecule has 0 fully saturated rings. The molecule has 0 rings (SSSR count). The number of amides is 1. The summed E-state index contributed by atoms with van der Waals surface area (Å²) < 4.78 is 22.2. The monoisotopic (exact) mass is 398 g/mol. The topological polar surface area (TPSA) is 87.7 Å². The van der Waals surface area contributed by atoms with Gasteiger partial charge in [-0.3, -0.25) is 9.36 Å². The number of unbranched alkanes of at least 4 members (excludes halogenated alkanes) is 3. The molecule has 1 amide bonds. The van der Waals surface area contributed by atoms with Crippen molar-refractivity contribution in [1.29, 1.82) is 0 Å². The lowest BCUT2D eigenvalue weighted by Gasteiger charge is -2.28. The van der Waals surface area contributed by atoms with Crippen LogP contribution in [-0.4, -0.2) is 68.8 Å². The van der Waals surface area contributed by atoms with Crippen LogP contribution in [0, 0.1) is 0 Å². The van der Waals surface area contributed by atoms with Crippen LogP contribution < -0.4 is 10.2 Å². The van der Waals surface area contributed by atoms with Gasteiger partial charge in [0.1, 0.15) is 13.2 Å². The van der Waals surface area contributed by atoms with Crippen LogP contribution in [0.5, 0.6) is 0 Å². The minimum Gasteiger partial charge on any atom is -0.756 e. The zero-order valence-corrected chi connectivity index (χ0v) is 18.0. The zero-order chi connectivity index (χ0) is 19.3. The maximum Gasteiger partial charge on any atom is 0.268 e. The average molecular weight is 399 g/mol. The molecule has 0 radical (unpaired) electrons. The van der Waals surface area contributed by atoms with Crippen LogP contribution >= 0.6 is 19.6 Å². The number of carbonyl (C=O) groups is 1. The molecule has 0 aromatic carbocycles. The highest BCUT2D eigenvalue weighted by molar-refractivity contribution is 7.99. The number of carbonyl (C=O) groups excluding carboxylic acids is 1. The van der Waals surface area contributed by atoms with Crippen LogP contribution in [0.4, 0.5) is 0 Å². The van der Waals surface area contributed by atoms with Crippen LogP contribution in [-0.2, 0) is 18.4 Å². The number of phosphoric ester groups is 1. The fourth-order valence-corrected chi connectivity index (χ4v) is 3.70. The lowest BCUT2D eigenvalue weighted by atomic mass is 10.2. The number of hydrogen-bond donors (Lipinski definition) is 1. The highest BCUT2D eigenvalue weighted by atomic mass is 32.2. The normalized spacial score (nSPS) is 15.6. The average Bonchev–Trinajstić information content (AvgIpc) is 2.46. The van der Waals surface area contributed by atoms with Crippen molar-refractivity contribution in [1.82, 2.24) is 5.32 Å². The van der Waals surface area contributed by atoms with E-state index in [0.717, 1.165) is 12.2 Å². The third-order valence-corrected chi connectivity index (χ3v) is 5.49. The quantitative estimate of drug-likeness (QED) is 0.258. The lowest BCUT2D eigenvalue weighted by molar-refractivity contribution is -0.870. The minimum absolute atomic E-state index is 0.0707. The van der Waals surface area contributed by atoms with Crippen molar-refractivity contribution >= 4 is 25.5 Å². The van der Waals surface area contributed by atoms with Gasteiger partial charge in [0.15, 0.2) is 0 Å². The number of thioether (sulfide) groups is 1. The fraction of sp³-hybridized carbons (Fsp3) is 0.938. The molecule has 9 heteroatoms. The molecular formula is C16H35N2O5PS. The van der Waals surface area contributed by atoms with Gasteiger partial charge in [0.25, 0.3) is 7.82 Å². The van der Waals surface area contributed by atoms with E-state index >= 15 is 0 Å². The number of nitrogens with zero attached hydrogens (tertiary/aromatic N) is 1. The maximum absolute atomic E-state index is 11.8. The van der Waals surface area contributed by atoms with E-state index in [9.17, 15) is 14.3 Å². The van der Waals surface area contributed by atoms with Crippen molar-refractivity contribution in [2.75, 3.05) is 52.4 Å². The summed E-state index contributed by atoms with van der Waals surface area (Å²) in [6.45, 7) is 4.10. The predicted molar refractivity (Wildman–Crippen MR) is 101 cm³/mol. The molecular weight excluding hydrogens is 363 g/mol. The lowest BCUT2D eigenvalue weighted by Crippen LogP contribution is -2.39. The Morgan fingerprint density at radius 1 is 1.24 bits per heavy atom. The molecule has 0 saturated heterocycles. The standard InChI is InChI=1S/C16H35N2O5PS/c1-6-7-8-9-12-25-14-16(17-15(2)19)13-23-24(20,21)22-11-10-18(3,4)5/h16H,6-14H2,1-5H3,(H-,17,19,20,21)/t16-/m0/s1. The number of likely N-dealkylation sites (N-methyl/N-ethyl adjacent to an activating group) is 1. The molecule has 2 atom stereocenters. The molecule has 7 nitrogen and oxygen atoms in total. The van der Waals surface area contributed by atoms with Gasteiger partial charge in [-0.15, -0.1) is 0 Å². The molecule has 0 spiro atoms. The second-order valence-electron chi connectivity index (χ2n) is 7.12. The molecule has 0 aliphatic rings. The minimum atomic E-state index is -4.35. The van der Waals surface area contributed by atoms with Gasteiger partial charge in [-0.25, -0.2) is 0 Å². The van der Waals surface area contributed by atoms with Crippen molar-refractivity contribution < 1.29 is 27.8 Å². The van der Waals surface area contributed by atoms with Gasteiger partial charge in [-0.2, -0.15) is 11.8 Å². The van der Waals surface area contributed by atoms with E-state index in [0.29, 0.717) is 16.8 Å². The van der Waals surface area contributed by atoms with Gasteiger partial charge in [-0.1, -0.05) is 26.2 Å². The third-order valence-electron chi connectivity index (χ3n) is 3.31. The van der Waals surface area contributed by atoms with E-state index in [2.05, 4.69) is 12.2 Å². The van der Waals surface area contributed by atoms with E-state index in [-0.39, 0.29) is 25.2 Å². The zero-order valence-electron chi connectivity index (χ0n) is 16.3. The highest BCUT2D eigenvalue weighted by Crippen LogP contribution is 2.38. The number of rotatable bonds is 15. The van der Waals surface area contributed by atoms with Crippen LogP contribution in [0.15, 0.2) is 0 Å². The Bertz CT molecular complexity index is 418. The summed E-state index contributed by atoms with van der Waals surface area (Å²) in [6, 6.07) is -0.349. The van der Waals surface area contributed by atoms with E-state index in [4.69, 9.17) is 9.05 Å². The Morgan fingerprint density at radius 2 is 1.92 bits per heavy atom. The summed E-state index contributed by atoms with van der Waals surface area (Å²) in [5.74, 6) is 1.40. The first-order chi connectivity index (χ1) is 11.6. The second kappa shape index (κ2) is 13.1. The molecule has 1 N–H and O–H groups in total. The molecule has 0 aromatic heterocycles. The highest BCUT2D eigenvalue weighted by Gasteiger charge is 2.17. The van der Waals surface area contributed by atoms with Crippen LogP contribution in [0.2, 0.25) is 0 Å².